The lowest BCUT2D eigenvalue weighted by Gasteiger charge is -2.09. The van der Waals surface area contributed by atoms with Crippen LogP contribution in [0.3, 0.4) is 0 Å². The van der Waals surface area contributed by atoms with Crippen LogP contribution in [-0.2, 0) is 41.5 Å². The van der Waals surface area contributed by atoms with Crippen LogP contribution in [0.15, 0.2) is 84.9 Å². The van der Waals surface area contributed by atoms with Crippen molar-refractivity contribution in [2.24, 2.45) is 0 Å². The number of hydrogen-bond donors (Lipinski definition) is 2. The molecule has 0 atom stereocenters. The van der Waals surface area contributed by atoms with Crippen molar-refractivity contribution in [1.29, 1.82) is 0 Å². The van der Waals surface area contributed by atoms with E-state index in [1.807, 2.05) is 60.7 Å². The lowest BCUT2D eigenvalue weighted by molar-refractivity contribution is -0.145. The van der Waals surface area contributed by atoms with Gasteiger partial charge in [0.1, 0.15) is 0 Å². The normalized spacial score (nSPS) is 10.3. The van der Waals surface area contributed by atoms with Gasteiger partial charge in [-0.1, -0.05) is 60.7 Å². The van der Waals surface area contributed by atoms with Crippen molar-refractivity contribution in [2.75, 3.05) is 23.8 Å². The van der Waals surface area contributed by atoms with Crippen LogP contribution in [-0.4, -0.2) is 37.0 Å². The highest BCUT2D eigenvalue weighted by Gasteiger charge is 2.11. The smallest absolute Gasteiger partial charge is 0.306 e. The Labute approximate surface area is 222 Å². The molecular formula is C30H32N2O6. The lowest BCUT2D eigenvalue weighted by Crippen LogP contribution is -2.16. The standard InChI is InChI=1S/C30H32N2O6/c33-27(15-17-29(35)37-21-19-23-7-3-1-4-8-23)31-25-11-13-26(14-12-25)32-28(34)16-18-30(36)38-22-20-24-9-5-2-6-10-24/h1-14H,15-22H2,(H,31,33)(H,32,34). The molecule has 3 aromatic carbocycles. The molecule has 3 rings (SSSR count). The first kappa shape index (κ1) is 28.1. The molecule has 0 fully saturated rings. The number of anilines is 2. The summed E-state index contributed by atoms with van der Waals surface area (Å²) in [5.41, 5.74) is 3.23. The van der Waals surface area contributed by atoms with Crippen LogP contribution in [0, 0.1) is 0 Å². The lowest BCUT2D eigenvalue weighted by atomic mass is 10.2. The molecule has 0 spiro atoms. The van der Waals surface area contributed by atoms with E-state index in [0.717, 1.165) is 11.1 Å². The average Bonchev–Trinajstić information content (AvgIpc) is 2.93. The maximum Gasteiger partial charge on any atom is 0.306 e. The molecule has 2 amide bonds. The number of carbonyl (C=O) groups excluding carboxylic acids is 4. The van der Waals surface area contributed by atoms with Gasteiger partial charge in [-0.05, 0) is 35.4 Å². The van der Waals surface area contributed by atoms with Gasteiger partial charge in [0.25, 0.3) is 0 Å². The summed E-state index contributed by atoms with van der Waals surface area (Å²) in [4.78, 5) is 48.0. The fourth-order valence-corrected chi connectivity index (χ4v) is 3.51. The first-order chi connectivity index (χ1) is 18.5. The predicted octanol–water partition coefficient (Wildman–Crippen LogP) is 4.70. The van der Waals surface area contributed by atoms with Crippen LogP contribution in [0.5, 0.6) is 0 Å². The molecule has 38 heavy (non-hydrogen) atoms. The highest BCUT2D eigenvalue weighted by molar-refractivity contribution is 5.94. The highest BCUT2D eigenvalue weighted by atomic mass is 16.5. The molecule has 0 aliphatic heterocycles. The largest absolute Gasteiger partial charge is 0.465 e. The summed E-state index contributed by atoms with van der Waals surface area (Å²) < 4.78 is 10.4. The van der Waals surface area contributed by atoms with Crippen molar-refractivity contribution in [1.82, 2.24) is 0 Å². The van der Waals surface area contributed by atoms with Crippen molar-refractivity contribution < 1.29 is 28.7 Å². The van der Waals surface area contributed by atoms with Gasteiger partial charge in [0, 0.05) is 37.1 Å². The van der Waals surface area contributed by atoms with E-state index in [2.05, 4.69) is 10.6 Å². The van der Waals surface area contributed by atoms with Gasteiger partial charge >= 0.3 is 11.9 Å². The summed E-state index contributed by atoms with van der Waals surface area (Å²) >= 11 is 0. The molecule has 8 nitrogen and oxygen atoms in total. The molecule has 0 aliphatic rings. The Kier molecular flexibility index (Phi) is 11.5. The van der Waals surface area contributed by atoms with E-state index in [1.54, 1.807) is 24.3 Å². The second kappa shape index (κ2) is 15.6. The van der Waals surface area contributed by atoms with Crippen molar-refractivity contribution >= 4 is 35.1 Å². The Morgan fingerprint density at radius 2 is 0.868 bits per heavy atom. The van der Waals surface area contributed by atoms with Crippen molar-refractivity contribution in [3.63, 3.8) is 0 Å². The summed E-state index contributed by atoms with van der Waals surface area (Å²) in [7, 11) is 0. The molecule has 0 bridgehead atoms. The second-order valence-corrected chi connectivity index (χ2v) is 8.59. The molecule has 0 saturated heterocycles. The van der Waals surface area contributed by atoms with Gasteiger partial charge in [0.05, 0.1) is 26.1 Å². The number of nitrogens with one attached hydrogen (secondary N) is 2. The minimum atomic E-state index is -0.422. The third-order valence-electron chi connectivity index (χ3n) is 5.56. The van der Waals surface area contributed by atoms with Crippen LogP contribution in [0.2, 0.25) is 0 Å². The summed E-state index contributed by atoms with van der Waals surface area (Å²) in [5, 5.41) is 5.42. The van der Waals surface area contributed by atoms with E-state index in [1.165, 1.54) is 0 Å². The van der Waals surface area contributed by atoms with Crippen LogP contribution in [0.1, 0.15) is 36.8 Å². The van der Waals surface area contributed by atoms with Gasteiger partial charge in [-0.2, -0.15) is 0 Å². The van der Waals surface area contributed by atoms with Gasteiger partial charge in [0.2, 0.25) is 11.8 Å². The highest BCUT2D eigenvalue weighted by Crippen LogP contribution is 2.15. The number of esters is 2. The van der Waals surface area contributed by atoms with Crippen LogP contribution >= 0.6 is 0 Å². The molecule has 0 aliphatic carbocycles. The Balaban J connectivity index is 1.27. The third-order valence-corrected chi connectivity index (χ3v) is 5.56. The Bertz CT molecular complexity index is 1090. The van der Waals surface area contributed by atoms with E-state index in [-0.39, 0.29) is 50.7 Å². The van der Waals surface area contributed by atoms with E-state index in [4.69, 9.17) is 9.47 Å². The molecule has 0 heterocycles. The van der Waals surface area contributed by atoms with Gasteiger partial charge < -0.3 is 20.1 Å². The maximum atomic E-state index is 12.1. The minimum Gasteiger partial charge on any atom is -0.465 e. The van der Waals surface area contributed by atoms with Gasteiger partial charge in [-0.25, -0.2) is 0 Å². The third kappa shape index (κ3) is 11.1. The van der Waals surface area contributed by atoms with E-state index in [9.17, 15) is 19.2 Å². The first-order valence-corrected chi connectivity index (χ1v) is 12.6. The number of amides is 2. The summed E-state index contributed by atoms with van der Waals surface area (Å²) in [6, 6.07) is 26.0. The quantitative estimate of drug-likeness (QED) is 0.301. The predicted molar refractivity (Wildman–Crippen MR) is 144 cm³/mol. The number of rotatable bonds is 14. The molecule has 0 radical (unpaired) electrons. The molecule has 2 N–H and O–H groups in total. The van der Waals surface area contributed by atoms with Crippen LogP contribution in [0.25, 0.3) is 0 Å². The molecular weight excluding hydrogens is 484 g/mol. The average molecular weight is 517 g/mol. The second-order valence-electron chi connectivity index (χ2n) is 8.59. The topological polar surface area (TPSA) is 111 Å². The van der Waals surface area contributed by atoms with Crippen LogP contribution in [0.4, 0.5) is 11.4 Å². The summed E-state index contributed by atoms with van der Waals surface area (Å²) in [5.74, 6) is -1.47. The Hall–Kier alpha value is -4.46. The van der Waals surface area contributed by atoms with Crippen molar-refractivity contribution in [3.05, 3.63) is 96.1 Å². The Morgan fingerprint density at radius 1 is 0.500 bits per heavy atom. The monoisotopic (exact) mass is 516 g/mol. The SMILES string of the molecule is O=C(CCC(=O)OCCc1ccccc1)Nc1ccc(NC(=O)CCC(=O)OCCc2ccccc2)cc1. The van der Waals surface area contributed by atoms with Crippen LogP contribution < -0.4 is 10.6 Å². The minimum absolute atomic E-state index is 0.00407. The summed E-state index contributed by atoms with van der Waals surface area (Å²) in [6.45, 7) is 0.542. The summed E-state index contributed by atoms with van der Waals surface area (Å²) in [6.07, 6.45) is 1.24. The Morgan fingerprint density at radius 3 is 1.24 bits per heavy atom. The number of ether oxygens (including phenoxy) is 2. The maximum absolute atomic E-state index is 12.1. The molecule has 0 aromatic heterocycles. The van der Waals surface area contributed by atoms with Crippen molar-refractivity contribution in [3.8, 4) is 0 Å². The fraction of sp³-hybridized carbons (Fsp3) is 0.267. The van der Waals surface area contributed by atoms with E-state index in [0.29, 0.717) is 24.2 Å². The number of benzene rings is 3. The molecule has 3 aromatic rings. The number of hydrogen-bond acceptors (Lipinski definition) is 6. The van der Waals surface area contributed by atoms with Gasteiger partial charge in [0.15, 0.2) is 0 Å². The zero-order valence-electron chi connectivity index (χ0n) is 21.2. The van der Waals surface area contributed by atoms with Gasteiger partial charge in [-0.15, -0.1) is 0 Å². The van der Waals surface area contributed by atoms with Crippen molar-refractivity contribution in [2.45, 2.75) is 38.5 Å². The molecule has 0 unspecified atom stereocenters. The van der Waals surface area contributed by atoms with E-state index < -0.39 is 11.9 Å². The zero-order chi connectivity index (χ0) is 27.0. The molecule has 198 valence electrons. The fourth-order valence-electron chi connectivity index (χ4n) is 3.51. The molecule has 0 saturated carbocycles. The zero-order valence-corrected chi connectivity index (χ0v) is 21.2. The number of carbonyl (C=O) groups is 4. The molecule has 8 heteroatoms. The van der Waals surface area contributed by atoms with E-state index >= 15 is 0 Å². The van der Waals surface area contributed by atoms with Gasteiger partial charge in [-0.3, -0.25) is 19.2 Å². The first-order valence-electron chi connectivity index (χ1n) is 12.6.